The van der Waals surface area contributed by atoms with Gasteiger partial charge in [-0.1, -0.05) is 37.3 Å². The summed E-state index contributed by atoms with van der Waals surface area (Å²) in [6.45, 7) is 6.81. The fraction of sp³-hybridized carbons (Fsp3) is 0.500. The van der Waals surface area contributed by atoms with Crippen molar-refractivity contribution in [3.8, 4) is 5.75 Å². The number of para-hydroxylation sites is 1. The van der Waals surface area contributed by atoms with Crippen LogP contribution in [0.4, 0.5) is 4.39 Å². The Morgan fingerprint density at radius 1 is 1.14 bits per heavy atom. The Balaban J connectivity index is 1.76. The van der Waals surface area contributed by atoms with Gasteiger partial charge in [0.05, 0.1) is 12.7 Å². The molecular formula is C24H32FNO2. The molecule has 0 aliphatic carbocycles. The number of hydrogen-bond acceptors (Lipinski definition) is 3. The molecule has 152 valence electrons. The van der Waals surface area contributed by atoms with Crippen molar-refractivity contribution in [1.82, 2.24) is 5.32 Å². The third-order valence-electron chi connectivity index (χ3n) is 6.19. The third-order valence-corrected chi connectivity index (χ3v) is 6.19. The molecule has 0 amide bonds. The van der Waals surface area contributed by atoms with Gasteiger partial charge in [0.2, 0.25) is 0 Å². The fourth-order valence-electron chi connectivity index (χ4n) is 4.40. The molecule has 1 heterocycles. The molecule has 3 rings (SSSR count). The highest BCUT2D eigenvalue weighted by atomic mass is 19.1. The minimum atomic E-state index is -0.195. The summed E-state index contributed by atoms with van der Waals surface area (Å²) < 4.78 is 25.0. The lowest BCUT2D eigenvalue weighted by Crippen LogP contribution is -2.46. The molecule has 3 nitrogen and oxygen atoms in total. The maximum atomic E-state index is 13.1. The van der Waals surface area contributed by atoms with Gasteiger partial charge in [-0.15, -0.1) is 0 Å². The predicted octanol–water partition coefficient (Wildman–Crippen LogP) is 5.23. The van der Waals surface area contributed by atoms with E-state index in [4.69, 9.17) is 9.47 Å². The van der Waals surface area contributed by atoms with Crippen LogP contribution >= 0.6 is 0 Å². The fourth-order valence-corrected chi connectivity index (χ4v) is 4.40. The monoisotopic (exact) mass is 385 g/mol. The van der Waals surface area contributed by atoms with E-state index >= 15 is 0 Å². The van der Waals surface area contributed by atoms with Gasteiger partial charge in [0.1, 0.15) is 11.6 Å². The van der Waals surface area contributed by atoms with E-state index < -0.39 is 0 Å². The van der Waals surface area contributed by atoms with E-state index in [2.05, 4.69) is 37.4 Å². The summed E-state index contributed by atoms with van der Waals surface area (Å²) in [5.74, 6) is 0.765. The summed E-state index contributed by atoms with van der Waals surface area (Å²) in [5, 5.41) is 3.54. The Morgan fingerprint density at radius 3 is 2.61 bits per heavy atom. The average molecular weight is 386 g/mol. The molecule has 0 spiro atoms. The van der Waals surface area contributed by atoms with Gasteiger partial charge < -0.3 is 14.8 Å². The highest BCUT2D eigenvalue weighted by Gasteiger charge is 2.44. The third kappa shape index (κ3) is 4.73. The Bertz CT molecular complexity index is 763. The summed E-state index contributed by atoms with van der Waals surface area (Å²) in [5.41, 5.74) is 2.28. The van der Waals surface area contributed by atoms with Gasteiger partial charge in [0.25, 0.3) is 0 Å². The first kappa shape index (κ1) is 20.8. The molecule has 1 N–H and O–H groups in total. The smallest absolute Gasteiger partial charge is 0.123 e. The zero-order valence-corrected chi connectivity index (χ0v) is 17.3. The number of rotatable bonds is 8. The van der Waals surface area contributed by atoms with Crippen LogP contribution < -0.4 is 10.1 Å². The van der Waals surface area contributed by atoms with Gasteiger partial charge >= 0.3 is 0 Å². The summed E-state index contributed by atoms with van der Waals surface area (Å²) in [7, 11) is 1.75. The lowest BCUT2D eigenvalue weighted by atomic mass is 9.66. The van der Waals surface area contributed by atoms with Gasteiger partial charge in [0, 0.05) is 24.1 Å². The highest BCUT2D eigenvalue weighted by molar-refractivity contribution is 5.40. The normalized spacial score (nSPS) is 24.9. The summed E-state index contributed by atoms with van der Waals surface area (Å²) >= 11 is 0. The predicted molar refractivity (Wildman–Crippen MR) is 111 cm³/mol. The Morgan fingerprint density at radius 2 is 1.89 bits per heavy atom. The number of ether oxygens (including phenoxy) is 2. The van der Waals surface area contributed by atoms with Crippen molar-refractivity contribution in [3.63, 3.8) is 0 Å². The molecule has 0 aromatic heterocycles. The molecule has 0 bridgehead atoms. The van der Waals surface area contributed by atoms with Crippen molar-refractivity contribution in [2.45, 2.75) is 57.1 Å². The first-order chi connectivity index (χ1) is 13.5. The molecule has 4 heteroatoms. The van der Waals surface area contributed by atoms with Crippen LogP contribution in [-0.4, -0.2) is 25.9 Å². The van der Waals surface area contributed by atoms with Gasteiger partial charge in [-0.3, -0.25) is 0 Å². The second-order valence-electron chi connectivity index (χ2n) is 8.11. The zero-order valence-electron chi connectivity index (χ0n) is 17.3. The molecule has 0 saturated carbocycles. The van der Waals surface area contributed by atoms with E-state index in [1.54, 1.807) is 7.11 Å². The lowest BCUT2D eigenvalue weighted by Gasteiger charge is -2.47. The van der Waals surface area contributed by atoms with Gasteiger partial charge in [-0.05, 0) is 62.9 Å². The van der Waals surface area contributed by atoms with Crippen molar-refractivity contribution in [2.24, 2.45) is 0 Å². The number of nitrogens with one attached hydrogen (secondary N) is 1. The van der Waals surface area contributed by atoms with Crippen LogP contribution in [0.15, 0.2) is 48.5 Å². The minimum Gasteiger partial charge on any atom is -0.496 e. The minimum absolute atomic E-state index is 0.0193. The second kappa shape index (κ2) is 9.06. The van der Waals surface area contributed by atoms with Crippen LogP contribution in [0.3, 0.4) is 0 Å². The highest BCUT2D eigenvalue weighted by Crippen LogP contribution is 2.47. The number of methoxy groups -OCH3 is 1. The van der Waals surface area contributed by atoms with Crippen LogP contribution in [0.25, 0.3) is 0 Å². The molecule has 1 fully saturated rings. The van der Waals surface area contributed by atoms with E-state index in [1.807, 2.05) is 18.2 Å². The van der Waals surface area contributed by atoms with Crippen molar-refractivity contribution >= 4 is 0 Å². The first-order valence-electron chi connectivity index (χ1n) is 10.2. The second-order valence-corrected chi connectivity index (χ2v) is 8.11. The summed E-state index contributed by atoms with van der Waals surface area (Å²) in [6, 6.07) is 15.1. The van der Waals surface area contributed by atoms with Crippen molar-refractivity contribution in [1.29, 1.82) is 0 Å². The topological polar surface area (TPSA) is 30.5 Å². The van der Waals surface area contributed by atoms with E-state index in [0.29, 0.717) is 0 Å². The number of halogens is 1. The molecular weight excluding hydrogens is 353 g/mol. The van der Waals surface area contributed by atoms with Crippen LogP contribution in [0.2, 0.25) is 0 Å². The molecule has 2 atom stereocenters. The van der Waals surface area contributed by atoms with E-state index in [1.165, 1.54) is 17.7 Å². The number of benzene rings is 2. The molecule has 1 aliphatic heterocycles. The van der Waals surface area contributed by atoms with Crippen molar-refractivity contribution < 1.29 is 13.9 Å². The van der Waals surface area contributed by atoms with Crippen LogP contribution in [-0.2, 0) is 16.7 Å². The zero-order chi connectivity index (χ0) is 20.0. The van der Waals surface area contributed by atoms with Crippen LogP contribution in [0.1, 0.15) is 50.7 Å². The quantitative estimate of drug-likeness (QED) is 0.631. The first-order valence-corrected chi connectivity index (χ1v) is 10.2. The molecule has 1 aliphatic rings. The maximum Gasteiger partial charge on any atom is 0.123 e. The van der Waals surface area contributed by atoms with E-state index in [0.717, 1.165) is 56.7 Å². The standard InChI is InChI=1S/C24H32FNO2/c1-4-23(2)18-24(14-16-28-23,21-7-5-6-8-22(21)27-3)13-15-26-17-19-9-11-20(25)12-10-19/h5-12,26H,4,13-18H2,1-3H3/t23-,24+/m1/s1. The van der Waals surface area contributed by atoms with Gasteiger partial charge in [-0.25, -0.2) is 4.39 Å². The van der Waals surface area contributed by atoms with Crippen molar-refractivity contribution in [2.75, 3.05) is 20.3 Å². The molecule has 2 aromatic carbocycles. The maximum absolute atomic E-state index is 13.1. The van der Waals surface area contributed by atoms with Crippen molar-refractivity contribution in [3.05, 3.63) is 65.5 Å². The largest absolute Gasteiger partial charge is 0.496 e. The Hall–Kier alpha value is -1.91. The van der Waals surface area contributed by atoms with Gasteiger partial charge in [0.15, 0.2) is 0 Å². The molecule has 0 radical (unpaired) electrons. The van der Waals surface area contributed by atoms with Crippen LogP contribution in [0, 0.1) is 5.82 Å². The molecule has 28 heavy (non-hydrogen) atoms. The Kier molecular flexibility index (Phi) is 6.73. The van der Waals surface area contributed by atoms with Crippen LogP contribution in [0.5, 0.6) is 5.75 Å². The number of hydrogen-bond donors (Lipinski definition) is 1. The molecule has 2 aromatic rings. The lowest BCUT2D eigenvalue weighted by molar-refractivity contribution is -0.0982. The van der Waals surface area contributed by atoms with Gasteiger partial charge in [-0.2, -0.15) is 0 Å². The average Bonchev–Trinajstić information content (AvgIpc) is 2.72. The molecule has 0 unspecified atom stereocenters. The summed E-state index contributed by atoms with van der Waals surface area (Å²) in [4.78, 5) is 0. The SMILES string of the molecule is CC[C@]1(C)C[C@@](CCNCc2ccc(F)cc2)(c2ccccc2OC)CCO1. The summed E-state index contributed by atoms with van der Waals surface area (Å²) in [6.07, 6.45) is 3.97. The molecule has 1 saturated heterocycles. The van der Waals surface area contributed by atoms with E-state index in [-0.39, 0.29) is 16.8 Å². The Labute approximate surface area is 168 Å². The van der Waals surface area contributed by atoms with E-state index in [9.17, 15) is 4.39 Å².